The van der Waals surface area contributed by atoms with Crippen molar-refractivity contribution in [3.63, 3.8) is 0 Å². The number of rotatable bonds is 2. The van der Waals surface area contributed by atoms with E-state index in [0.717, 1.165) is 11.1 Å². The minimum absolute atomic E-state index is 0. The second-order valence-corrected chi connectivity index (χ2v) is 4.75. The van der Waals surface area contributed by atoms with Crippen LogP contribution in [0.15, 0.2) is 24.4 Å². The van der Waals surface area contributed by atoms with E-state index in [1.807, 2.05) is 31.1 Å². The van der Waals surface area contributed by atoms with Crippen LogP contribution in [0.5, 0.6) is 0 Å². The van der Waals surface area contributed by atoms with Crippen molar-refractivity contribution in [3.8, 4) is 11.1 Å². The molecule has 0 radical (unpaired) electrons. The number of hydrogen-bond donors (Lipinski definition) is 1. The normalized spacial score (nSPS) is 10.4. The van der Waals surface area contributed by atoms with Crippen molar-refractivity contribution in [2.75, 3.05) is 24.7 Å². The molecule has 6 heteroatoms. The first-order valence-corrected chi connectivity index (χ1v) is 6.00. The number of halogens is 2. The fraction of sp³-hybridized carbons (Fsp3) is 0.167. The Balaban J connectivity index is 0.00000180. The van der Waals surface area contributed by atoms with E-state index < -0.39 is 0 Å². The van der Waals surface area contributed by atoms with Crippen LogP contribution in [-0.4, -0.2) is 24.1 Å². The Kier molecular flexibility index (Phi) is 3.59. The summed E-state index contributed by atoms with van der Waals surface area (Å²) in [6.45, 7) is 0. The Bertz CT molecular complexity index is 590. The lowest BCUT2D eigenvalue weighted by atomic mass is 10.1. The van der Waals surface area contributed by atoms with Gasteiger partial charge in [-0.3, -0.25) is 0 Å². The lowest BCUT2D eigenvalue weighted by Gasteiger charge is -2.17. The lowest BCUT2D eigenvalue weighted by molar-refractivity contribution is 1.05. The highest BCUT2D eigenvalue weighted by molar-refractivity contribution is 6.43. The van der Waals surface area contributed by atoms with Crippen LogP contribution in [-0.2, 0) is 0 Å². The van der Waals surface area contributed by atoms with Crippen molar-refractivity contribution in [2.24, 2.45) is 0 Å². The van der Waals surface area contributed by atoms with Crippen molar-refractivity contribution in [3.05, 3.63) is 34.4 Å². The van der Waals surface area contributed by atoms with Gasteiger partial charge in [-0.1, -0.05) is 35.3 Å². The molecule has 0 saturated carbocycles. The zero-order valence-corrected chi connectivity index (χ0v) is 11.5. The molecule has 0 aliphatic heterocycles. The highest BCUT2D eigenvalue weighted by atomic mass is 35.5. The third kappa shape index (κ3) is 2.35. The summed E-state index contributed by atoms with van der Waals surface area (Å²) in [7, 11) is 3.76. The van der Waals surface area contributed by atoms with Gasteiger partial charge in [-0.05, 0) is 6.07 Å². The second kappa shape index (κ2) is 5.00. The smallest absolute Gasteiger partial charge is 0.368 e. The summed E-state index contributed by atoms with van der Waals surface area (Å²) in [5.74, 6) is 0.923. The molecule has 2 N–H and O–H groups in total. The number of aromatic nitrogens is 2. The molecule has 1 heterocycles. The van der Waals surface area contributed by atoms with Crippen LogP contribution >= 0.6 is 23.2 Å². The second-order valence-electron chi connectivity index (χ2n) is 3.96. The van der Waals surface area contributed by atoms with E-state index in [2.05, 4.69) is 9.97 Å². The lowest BCUT2D eigenvalue weighted by Crippen LogP contribution is -2.13. The molecule has 1 aromatic carbocycles. The highest BCUT2D eigenvalue weighted by Gasteiger charge is 2.14. The SMILES string of the molecule is CN(C)c1nc(N)ncc1-c1cccc(Cl)c1Cl.[H+]. The molecule has 94 valence electrons. The molecule has 2 aromatic rings. The summed E-state index contributed by atoms with van der Waals surface area (Å²) in [5.41, 5.74) is 7.18. The first-order chi connectivity index (χ1) is 8.50. The summed E-state index contributed by atoms with van der Waals surface area (Å²) < 4.78 is 0. The summed E-state index contributed by atoms with van der Waals surface area (Å²) >= 11 is 12.2. The standard InChI is InChI=1S/C12H12Cl2N4/c1-18(2)11-8(6-16-12(15)17-11)7-4-3-5-9(13)10(7)14/h3-6H,1-2H3,(H2,15,16,17)/p+1. The van der Waals surface area contributed by atoms with E-state index in [-0.39, 0.29) is 7.37 Å². The molecule has 0 spiro atoms. The number of nitrogens with two attached hydrogens (primary N) is 1. The number of hydrogen-bond acceptors (Lipinski definition) is 4. The van der Waals surface area contributed by atoms with E-state index in [0.29, 0.717) is 15.9 Å². The summed E-state index contributed by atoms with van der Waals surface area (Å²) in [6.07, 6.45) is 1.65. The van der Waals surface area contributed by atoms with Crippen LogP contribution in [0.3, 0.4) is 0 Å². The van der Waals surface area contributed by atoms with Crippen molar-refractivity contribution < 1.29 is 1.43 Å². The predicted octanol–water partition coefficient (Wildman–Crippen LogP) is 3.21. The Morgan fingerprint density at radius 2 is 1.94 bits per heavy atom. The molecule has 2 rings (SSSR count). The fourth-order valence-corrected chi connectivity index (χ4v) is 2.03. The third-order valence-electron chi connectivity index (χ3n) is 2.45. The molecule has 1 aromatic heterocycles. The molecule has 18 heavy (non-hydrogen) atoms. The van der Waals surface area contributed by atoms with Gasteiger partial charge in [0.05, 0.1) is 10.0 Å². The largest absolute Gasteiger partial charge is 1.00 e. The summed E-state index contributed by atoms with van der Waals surface area (Å²) in [5, 5.41) is 0.978. The minimum Gasteiger partial charge on any atom is -0.368 e. The Morgan fingerprint density at radius 3 is 2.61 bits per heavy atom. The Morgan fingerprint density at radius 1 is 1.22 bits per heavy atom. The molecule has 0 atom stereocenters. The summed E-state index contributed by atoms with van der Waals surface area (Å²) in [6, 6.07) is 5.44. The first kappa shape index (κ1) is 12.9. The number of anilines is 2. The van der Waals surface area contributed by atoms with Crippen LogP contribution in [0.4, 0.5) is 11.8 Å². The van der Waals surface area contributed by atoms with Crippen LogP contribution in [0, 0.1) is 0 Å². The van der Waals surface area contributed by atoms with Gasteiger partial charge in [-0.2, -0.15) is 4.98 Å². The van der Waals surface area contributed by atoms with Gasteiger partial charge in [-0.15, -0.1) is 0 Å². The molecule has 0 amide bonds. The zero-order valence-electron chi connectivity index (χ0n) is 11.0. The number of benzene rings is 1. The Hall–Kier alpha value is -1.52. The first-order valence-electron chi connectivity index (χ1n) is 5.25. The van der Waals surface area contributed by atoms with Crippen LogP contribution in [0.1, 0.15) is 1.43 Å². The van der Waals surface area contributed by atoms with Gasteiger partial charge in [0.25, 0.3) is 0 Å². The van der Waals surface area contributed by atoms with Crippen molar-refractivity contribution in [2.45, 2.75) is 0 Å². The highest BCUT2D eigenvalue weighted by Crippen LogP contribution is 2.36. The van der Waals surface area contributed by atoms with E-state index in [9.17, 15) is 0 Å². The molecule has 0 saturated heterocycles. The van der Waals surface area contributed by atoms with Gasteiger partial charge in [-0.25, -0.2) is 4.98 Å². The van der Waals surface area contributed by atoms with Crippen LogP contribution in [0.2, 0.25) is 10.0 Å². The molecule has 0 aliphatic rings. The maximum atomic E-state index is 6.21. The predicted molar refractivity (Wildman–Crippen MR) is 77.3 cm³/mol. The van der Waals surface area contributed by atoms with Crippen LogP contribution in [0.25, 0.3) is 11.1 Å². The van der Waals surface area contributed by atoms with Gasteiger partial charge < -0.3 is 10.6 Å². The van der Waals surface area contributed by atoms with Gasteiger partial charge in [0.1, 0.15) is 5.82 Å². The van der Waals surface area contributed by atoms with Gasteiger partial charge in [0.15, 0.2) is 0 Å². The number of nitrogen functional groups attached to an aromatic ring is 1. The molecule has 0 unspecified atom stereocenters. The quantitative estimate of drug-likeness (QED) is 0.920. The van der Waals surface area contributed by atoms with Crippen molar-refractivity contribution in [1.82, 2.24) is 9.97 Å². The molecule has 0 aliphatic carbocycles. The summed E-state index contributed by atoms with van der Waals surface area (Å²) in [4.78, 5) is 10.1. The van der Waals surface area contributed by atoms with Crippen molar-refractivity contribution in [1.29, 1.82) is 0 Å². The topological polar surface area (TPSA) is 55.0 Å². The molecular formula is C12H13Cl2N4+. The maximum Gasteiger partial charge on any atom is 1.00 e. The molecule has 4 nitrogen and oxygen atoms in total. The minimum atomic E-state index is 0. The molecule has 0 fully saturated rings. The van der Waals surface area contributed by atoms with E-state index >= 15 is 0 Å². The molecular weight excluding hydrogens is 271 g/mol. The molecule has 0 bridgehead atoms. The van der Waals surface area contributed by atoms with Crippen LogP contribution < -0.4 is 10.6 Å². The average molecular weight is 284 g/mol. The van der Waals surface area contributed by atoms with Gasteiger partial charge in [0, 0.05) is 31.4 Å². The number of nitrogens with zero attached hydrogens (tertiary/aromatic N) is 3. The zero-order chi connectivity index (χ0) is 13.3. The van der Waals surface area contributed by atoms with Gasteiger partial charge >= 0.3 is 1.43 Å². The maximum absolute atomic E-state index is 6.21. The monoisotopic (exact) mass is 283 g/mol. The Labute approximate surface area is 117 Å². The van der Waals surface area contributed by atoms with E-state index in [1.165, 1.54) is 0 Å². The average Bonchev–Trinajstić information content (AvgIpc) is 2.33. The third-order valence-corrected chi connectivity index (χ3v) is 3.27. The van der Waals surface area contributed by atoms with Crippen molar-refractivity contribution >= 4 is 35.0 Å². The fourth-order valence-electron chi connectivity index (χ4n) is 1.63. The van der Waals surface area contributed by atoms with E-state index in [1.54, 1.807) is 12.3 Å². The van der Waals surface area contributed by atoms with Gasteiger partial charge in [0.2, 0.25) is 5.95 Å². The van der Waals surface area contributed by atoms with E-state index in [4.69, 9.17) is 28.9 Å².